The Bertz CT molecular complexity index is 1400. The second-order valence-electron chi connectivity index (χ2n) is 9.09. The molecule has 0 aliphatic rings. The van der Waals surface area contributed by atoms with E-state index >= 15 is 0 Å². The van der Waals surface area contributed by atoms with Gasteiger partial charge in [0.1, 0.15) is 24.4 Å². The number of H-pyrrole nitrogens is 1. The topological polar surface area (TPSA) is 134 Å². The third-order valence-electron chi connectivity index (χ3n) is 5.97. The van der Waals surface area contributed by atoms with Gasteiger partial charge in [-0.15, -0.1) is 0 Å². The fourth-order valence-corrected chi connectivity index (χ4v) is 4.24. The number of aromatic nitrogens is 3. The zero-order valence-corrected chi connectivity index (χ0v) is 23.2. The quantitative estimate of drug-likeness (QED) is 0.140. The largest absolute Gasteiger partial charge is 0.488 e. The molecule has 2 aromatic heterocycles. The minimum absolute atomic E-state index is 0.302. The van der Waals surface area contributed by atoms with Gasteiger partial charge in [0.05, 0.1) is 5.39 Å². The van der Waals surface area contributed by atoms with Crippen molar-refractivity contribution in [1.82, 2.24) is 19.9 Å². The molecule has 0 saturated heterocycles. The number of hydrogen-bond acceptors (Lipinski definition) is 9. The Balaban J connectivity index is 1.47. The molecule has 4 aromatic rings. The lowest BCUT2D eigenvalue weighted by molar-refractivity contribution is -0.139. The van der Waals surface area contributed by atoms with Crippen LogP contribution in [0.3, 0.4) is 0 Å². The van der Waals surface area contributed by atoms with Gasteiger partial charge in [-0.1, -0.05) is 11.6 Å². The van der Waals surface area contributed by atoms with Crippen LogP contribution < -0.4 is 20.1 Å². The third-order valence-corrected chi connectivity index (χ3v) is 6.22. The fraction of sp³-hybridized carbons (Fsp3) is 0.321. The van der Waals surface area contributed by atoms with Crippen LogP contribution in [0.5, 0.6) is 11.5 Å². The molecule has 0 spiro atoms. The molecule has 0 unspecified atom stereocenters. The number of hydrogen-bond donors (Lipinski definition) is 4. The fourth-order valence-electron chi connectivity index (χ4n) is 4.11. The molecule has 2 heterocycles. The van der Waals surface area contributed by atoms with Crippen LogP contribution >= 0.6 is 11.6 Å². The second-order valence-corrected chi connectivity index (χ2v) is 9.53. The first kappa shape index (κ1) is 28.9. The van der Waals surface area contributed by atoms with Gasteiger partial charge >= 0.3 is 5.97 Å². The van der Waals surface area contributed by atoms with Crippen molar-refractivity contribution in [3.8, 4) is 11.5 Å². The Hall–Kier alpha value is -4.06. The maximum Gasteiger partial charge on any atom is 0.341 e. The van der Waals surface area contributed by atoms with Crippen LogP contribution in [0.25, 0.3) is 11.0 Å². The van der Waals surface area contributed by atoms with Crippen molar-refractivity contribution in [2.24, 2.45) is 0 Å². The highest BCUT2D eigenvalue weighted by Gasteiger charge is 2.15. The molecule has 4 rings (SSSR count). The molecule has 0 amide bonds. The number of methoxy groups -OCH3 is 1. The third kappa shape index (κ3) is 8.22. The smallest absolute Gasteiger partial charge is 0.341 e. The Morgan fingerprint density at radius 1 is 1.07 bits per heavy atom. The summed E-state index contributed by atoms with van der Waals surface area (Å²) >= 11 is 5.93. The summed E-state index contributed by atoms with van der Waals surface area (Å²) in [5, 5.41) is 17.3. The summed E-state index contributed by atoms with van der Waals surface area (Å²) in [5.74, 6) is 0.267. The molecule has 0 bridgehead atoms. The van der Waals surface area contributed by atoms with Crippen molar-refractivity contribution in [1.29, 1.82) is 0 Å². The SMILES string of the molecule is COCCCN(C)Cc1c[nH]c2ncnc(Nc3ccc(OCCNc4ccc(Cl)cc4)c(OCC(=O)O)c3)c12. The summed E-state index contributed by atoms with van der Waals surface area (Å²) in [6.07, 6.45) is 4.36. The van der Waals surface area contributed by atoms with Gasteiger partial charge in [-0.25, -0.2) is 14.8 Å². The van der Waals surface area contributed by atoms with E-state index in [0.29, 0.717) is 60.0 Å². The number of rotatable bonds is 16. The van der Waals surface area contributed by atoms with E-state index in [0.717, 1.165) is 29.6 Å². The maximum atomic E-state index is 11.2. The van der Waals surface area contributed by atoms with Gasteiger partial charge in [-0.05, 0) is 55.4 Å². The number of carbonyl (C=O) groups is 1. The number of aromatic amines is 1. The van der Waals surface area contributed by atoms with Crippen LogP contribution in [0.1, 0.15) is 12.0 Å². The van der Waals surface area contributed by atoms with Crippen molar-refractivity contribution >= 4 is 45.8 Å². The monoisotopic (exact) mass is 568 g/mol. The molecular weight excluding hydrogens is 536 g/mol. The Morgan fingerprint density at radius 3 is 2.65 bits per heavy atom. The summed E-state index contributed by atoms with van der Waals surface area (Å²) in [6.45, 7) is 2.65. The van der Waals surface area contributed by atoms with Crippen molar-refractivity contribution in [2.75, 3.05) is 57.7 Å². The normalized spacial score (nSPS) is 11.1. The summed E-state index contributed by atoms with van der Waals surface area (Å²) in [6, 6.07) is 12.6. The van der Waals surface area contributed by atoms with Crippen LogP contribution in [-0.2, 0) is 16.1 Å². The summed E-state index contributed by atoms with van der Waals surface area (Å²) < 4.78 is 16.6. The van der Waals surface area contributed by atoms with E-state index in [-0.39, 0.29) is 0 Å². The first-order valence-corrected chi connectivity index (χ1v) is 13.2. The number of carboxylic acid groups (broad SMARTS) is 1. The molecule has 2 aromatic carbocycles. The van der Waals surface area contributed by atoms with Gasteiger partial charge in [0.15, 0.2) is 18.1 Å². The summed E-state index contributed by atoms with van der Waals surface area (Å²) in [7, 11) is 3.76. The molecule has 40 heavy (non-hydrogen) atoms. The van der Waals surface area contributed by atoms with E-state index in [1.807, 2.05) is 24.4 Å². The number of fused-ring (bicyclic) bond motifs is 1. The van der Waals surface area contributed by atoms with Crippen LogP contribution in [0.15, 0.2) is 55.0 Å². The van der Waals surface area contributed by atoms with E-state index in [2.05, 4.69) is 37.5 Å². The first-order valence-electron chi connectivity index (χ1n) is 12.8. The molecule has 0 saturated carbocycles. The lowest BCUT2D eigenvalue weighted by atomic mass is 10.2. The average molecular weight is 569 g/mol. The van der Waals surface area contributed by atoms with Crippen molar-refractivity contribution in [3.05, 3.63) is 65.6 Å². The molecule has 0 atom stereocenters. The Morgan fingerprint density at radius 2 is 1.88 bits per heavy atom. The highest BCUT2D eigenvalue weighted by atomic mass is 35.5. The van der Waals surface area contributed by atoms with Gasteiger partial charge in [0, 0.05) is 62.0 Å². The molecule has 0 fully saturated rings. The number of halogens is 1. The number of nitrogens with zero attached hydrogens (tertiary/aromatic N) is 3. The van der Waals surface area contributed by atoms with Crippen LogP contribution in [0.2, 0.25) is 5.02 Å². The van der Waals surface area contributed by atoms with Gasteiger partial charge in [-0.3, -0.25) is 0 Å². The number of aliphatic carboxylic acids is 1. The highest BCUT2D eigenvalue weighted by Crippen LogP contribution is 2.33. The minimum Gasteiger partial charge on any atom is -0.488 e. The van der Waals surface area contributed by atoms with Crippen LogP contribution in [0, 0.1) is 0 Å². The van der Waals surface area contributed by atoms with Gasteiger partial charge < -0.3 is 39.8 Å². The zero-order chi connectivity index (χ0) is 28.3. The highest BCUT2D eigenvalue weighted by molar-refractivity contribution is 6.30. The predicted molar refractivity (Wildman–Crippen MR) is 155 cm³/mol. The molecule has 12 heteroatoms. The van der Waals surface area contributed by atoms with Crippen LogP contribution in [0.4, 0.5) is 17.2 Å². The van der Waals surface area contributed by atoms with E-state index in [9.17, 15) is 4.79 Å². The maximum absolute atomic E-state index is 11.2. The summed E-state index contributed by atoms with van der Waals surface area (Å²) in [5.41, 5.74) is 3.34. The number of carboxylic acids is 1. The number of anilines is 3. The van der Waals surface area contributed by atoms with Gasteiger partial charge in [-0.2, -0.15) is 0 Å². The first-order chi connectivity index (χ1) is 19.4. The molecule has 4 N–H and O–H groups in total. The lowest BCUT2D eigenvalue weighted by Gasteiger charge is -2.17. The van der Waals surface area contributed by atoms with Crippen molar-refractivity contribution < 1.29 is 24.1 Å². The number of benzene rings is 2. The Labute approximate surface area is 237 Å². The number of nitrogens with one attached hydrogen (secondary N) is 3. The molecule has 0 aliphatic carbocycles. The van der Waals surface area contributed by atoms with Crippen LogP contribution in [-0.4, -0.2) is 78.0 Å². The molecule has 0 radical (unpaired) electrons. The lowest BCUT2D eigenvalue weighted by Crippen LogP contribution is -2.20. The van der Waals surface area contributed by atoms with E-state index in [1.54, 1.807) is 31.4 Å². The standard InChI is InChI=1S/C28H33ClN6O5/c1-35(11-3-12-38-2)16-19-15-31-27-26(19)28(33-18-32-27)34-22-8-9-23(24(14-22)40-17-25(36)37)39-13-10-30-21-6-4-20(29)5-7-21/h4-9,14-15,18,30H,3,10-13,16-17H2,1-2H3,(H,36,37)(H2,31,32,33,34). The van der Waals surface area contributed by atoms with Gasteiger partial charge in [0.2, 0.25) is 0 Å². The Kier molecular flexibility index (Phi) is 10.4. The number of ether oxygens (including phenoxy) is 3. The molecular formula is C28H33ClN6O5. The molecule has 212 valence electrons. The van der Waals surface area contributed by atoms with Gasteiger partial charge in [0.25, 0.3) is 0 Å². The zero-order valence-electron chi connectivity index (χ0n) is 22.4. The molecule has 0 aliphatic heterocycles. The average Bonchev–Trinajstić information content (AvgIpc) is 3.35. The summed E-state index contributed by atoms with van der Waals surface area (Å²) in [4.78, 5) is 25.5. The van der Waals surface area contributed by atoms with Crippen molar-refractivity contribution in [3.63, 3.8) is 0 Å². The second kappa shape index (κ2) is 14.4. The van der Waals surface area contributed by atoms with E-state index in [4.69, 9.17) is 30.9 Å². The van der Waals surface area contributed by atoms with E-state index in [1.165, 1.54) is 6.33 Å². The molecule has 11 nitrogen and oxygen atoms in total. The predicted octanol–water partition coefficient (Wildman–Crippen LogP) is 4.78. The van der Waals surface area contributed by atoms with Crippen molar-refractivity contribution in [2.45, 2.75) is 13.0 Å². The van der Waals surface area contributed by atoms with E-state index < -0.39 is 12.6 Å². The minimum atomic E-state index is -1.09.